The van der Waals surface area contributed by atoms with Gasteiger partial charge in [-0.1, -0.05) is 87.8 Å². The van der Waals surface area contributed by atoms with Crippen molar-refractivity contribution < 1.29 is 14.6 Å². The van der Waals surface area contributed by atoms with E-state index in [9.17, 15) is 20.2 Å². The molecule has 9 aromatic carbocycles. The van der Waals surface area contributed by atoms with Gasteiger partial charge >= 0.3 is 0 Å². The first-order chi connectivity index (χ1) is 61.8. The number of likely N-dealkylation sites (tertiary alicyclic amines) is 2. The maximum atomic E-state index is 16.0. The topological polar surface area (TPSA) is 209 Å². The van der Waals surface area contributed by atoms with E-state index in [-0.39, 0.29) is 33.3 Å². The highest BCUT2D eigenvalue weighted by Crippen LogP contribution is 2.76. The van der Waals surface area contributed by atoms with Gasteiger partial charge in [0.2, 0.25) is 0 Å². The van der Waals surface area contributed by atoms with Crippen LogP contribution in [0.4, 0.5) is 28.4 Å². The van der Waals surface area contributed by atoms with Crippen LogP contribution in [0.1, 0.15) is 218 Å². The van der Waals surface area contributed by atoms with Crippen molar-refractivity contribution in [3.8, 4) is 0 Å². The molecule has 15 heteroatoms. The van der Waals surface area contributed by atoms with Gasteiger partial charge in [0.25, 0.3) is 16.9 Å². The molecule has 126 heavy (non-hydrogen) atoms. The van der Waals surface area contributed by atoms with E-state index in [1.54, 1.807) is 61.8 Å². The Bertz CT molecular complexity index is 6670. The summed E-state index contributed by atoms with van der Waals surface area (Å²) in [7, 11) is 0. The fourth-order valence-corrected chi connectivity index (χ4v) is 41.8. The molecule has 20 aliphatic rings. The number of hydrogen-bond acceptors (Lipinski definition) is 12. The molecule has 5 heterocycles. The molecule has 644 valence electrons. The lowest BCUT2D eigenvalue weighted by Crippen LogP contribution is -2.66. The number of ketones is 1. The number of carbonyl (C=O) groups is 1. The normalized spacial score (nSPS) is 41.6. The Balaban J connectivity index is 0.456. The summed E-state index contributed by atoms with van der Waals surface area (Å²) in [5.41, 5.74) is 21.7. The first kappa shape index (κ1) is 73.4. The Kier molecular flexibility index (Phi) is 15.0. The van der Waals surface area contributed by atoms with Crippen LogP contribution in [-0.2, 0) is 13.1 Å². The maximum absolute atomic E-state index is 16.0. The lowest BCUT2D eigenvalue weighted by molar-refractivity contribution is -0.385. The number of carbonyl (C=O) groups excluding carboxylic acids is 1. The molecule has 31 rings (SSSR count). The average molecular weight is 1680 g/mol. The standard InChI is InChI=1S/C111H119N9O6/c112-55-37-81-84(47-116-43-51-13-17-61-69-25-21-65-57-9-1-5-49-6-2-10-58(93(49)57)66-22-26-70(100(69)98(65)66)62-18-14-52(44-116)91(51)96(61)62)86(113)41-87-95(81)83(38-55)107-108(114-87)77-33-29-73-76-32-36-80-105-79(35-31-75(103(76)105)74-30-34-78(109(107)121)104(77)102(73)74)110-115-88-42-89(120(125)126)85(82-39-56(119(123)124)40-90(106(82)88)118(110)111(80)122)48-117-45-53-15-19-63-71-27-23-67-59-11-3-7-50-8-4-12-60(94(50)59)68-24-28-72(101(71)99(67)68)64-20-16-54(46-117)92(53)97(63)64/h29-42,49-54,57-72,91-94,96-101,107H,1-28,43-48,112-113H2. The lowest BCUT2D eigenvalue weighted by atomic mass is 9.34. The Labute approximate surface area is 735 Å². The second-order valence-electron chi connectivity index (χ2n) is 47.5. The van der Waals surface area contributed by atoms with Crippen molar-refractivity contribution in [3.63, 3.8) is 0 Å². The van der Waals surface area contributed by atoms with Crippen molar-refractivity contribution >= 4 is 132 Å². The van der Waals surface area contributed by atoms with Gasteiger partial charge in [0.05, 0.1) is 43.8 Å². The van der Waals surface area contributed by atoms with E-state index in [0.717, 1.165) is 281 Å². The second-order valence-corrected chi connectivity index (χ2v) is 47.5. The predicted octanol–water partition coefficient (Wildman–Crippen LogP) is 23.7. The van der Waals surface area contributed by atoms with E-state index in [4.69, 9.17) is 21.4 Å². The zero-order chi connectivity index (χ0) is 82.6. The van der Waals surface area contributed by atoms with Gasteiger partial charge in [0, 0.05) is 118 Å². The van der Waals surface area contributed by atoms with Gasteiger partial charge in [-0.3, -0.25) is 49.0 Å². The lowest BCUT2D eigenvalue weighted by Gasteiger charge is -2.71. The highest BCUT2D eigenvalue weighted by atomic mass is 16.6. The van der Waals surface area contributed by atoms with Gasteiger partial charge in [0.1, 0.15) is 5.65 Å². The molecule has 0 spiro atoms. The second kappa shape index (κ2) is 25.8. The molecule has 21 atom stereocenters. The number of nitro benzene ring substituents is 2. The number of piperidine rings is 2. The third-order valence-electron chi connectivity index (χ3n) is 44.3. The number of anilines is 2. The van der Waals surface area contributed by atoms with Crippen LogP contribution < -0.4 is 17.0 Å². The zero-order valence-corrected chi connectivity index (χ0v) is 72.9. The van der Waals surface area contributed by atoms with Crippen LogP contribution in [0, 0.1) is 210 Å². The SMILES string of the molecule is Nc1cc2c3c(cc(N)c(CN4CC5CCC6C7CCC8C9CCCC%10CCCC(C%11CCC(C%12CCC(C4)C5C6%12)C7C8%11)C%109)c3c1)N=C1c3ccc4c5ccc6c(=O)n7c8cc([N+](=O)[O-])cc9c(CN%10CC%11CCC%12C%13CCC%14C%15CCCC%16CCCC(C%17CCC(C%18CCC(C%10)C%11C%12%18)C%13C%14%17)C%16%15)c([N+](=O)[O-])cc(nc7c7ccc(c%10ccc(c3c4%10)C(=O)C12)c5c67)c98. The maximum Gasteiger partial charge on any atom is 0.276 e. The number of Topliss-reactive ketones (excluding diaryl/α,β-unsaturated/α-hetero) is 1. The Hall–Kier alpha value is -8.40. The molecule has 16 saturated carbocycles. The van der Waals surface area contributed by atoms with Crippen molar-refractivity contribution in [1.82, 2.24) is 19.2 Å². The van der Waals surface area contributed by atoms with Crippen LogP contribution in [-0.4, -0.2) is 66.7 Å². The van der Waals surface area contributed by atoms with E-state index in [1.807, 2.05) is 30.3 Å². The number of benzene rings is 9. The van der Waals surface area contributed by atoms with Gasteiger partial charge in [-0.2, -0.15) is 0 Å². The number of non-ortho nitro benzene ring substituents is 1. The molecule has 0 bridgehead atoms. The van der Waals surface area contributed by atoms with Gasteiger partial charge in [-0.15, -0.1) is 0 Å². The quantitative estimate of drug-likeness (QED) is 0.0526. The molecule has 0 radical (unpaired) electrons. The van der Waals surface area contributed by atoms with Crippen LogP contribution in [0.25, 0.3) is 92.1 Å². The number of pyridine rings is 1. The van der Waals surface area contributed by atoms with Crippen molar-refractivity contribution in [2.45, 2.75) is 199 Å². The Morgan fingerprint density at radius 1 is 0.365 bits per heavy atom. The third kappa shape index (κ3) is 9.32. The van der Waals surface area contributed by atoms with E-state index >= 15 is 9.59 Å². The third-order valence-corrected chi connectivity index (χ3v) is 44.3. The Morgan fingerprint density at radius 3 is 1.26 bits per heavy atom. The monoisotopic (exact) mass is 1670 g/mol. The summed E-state index contributed by atoms with van der Waals surface area (Å²) in [6.07, 6.45) is 41.1. The van der Waals surface area contributed by atoms with Crippen LogP contribution in [0.5, 0.6) is 0 Å². The van der Waals surface area contributed by atoms with Crippen LogP contribution in [0.15, 0.2) is 94.7 Å². The van der Waals surface area contributed by atoms with Crippen molar-refractivity contribution in [3.05, 3.63) is 143 Å². The molecular formula is C111H119N9O6. The highest BCUT2D eigenvalue weighted by molar-refractivity contribution is 6.44. The number of aliphatic imine (C=N–C) groups is 1. The van der Waals surface area contributed by atoms with Crippen molar-refractivity contribution in [1.29, 1.82) is 0 Å². The number of fused-ring (bicyclic) bond motifs is 16. The fourth-order valence-electron chi connectivity index (χ4n) is 41.8. The van der Waals surface area contributed by atoms with Crippen LogP contribution in [0.2, 0.25) is 0 Å². The Morgan fingerprint density at radius 2 is 0.778 bits per heavy atom. The summed E-state index contributed by atoms with van der Waals surface area (Å²) in [6.45, 7) is 5.07. The predicted molar refractivity (Wildman–Crippen MR) is 497 cm³/mol. The first-order valence-corrected chi connectivity index (χ1v) is 51.6. The number of rotatable bonds is 6. The minimum atomic E-state index is -0.681. The first-order valence-electron chi connectivity index (χ1n) is 51.6. The van der Waals surface area contributed by atoms with Crippen LogP contribution in [0.3, 0.4) is 0 Å². The summed E-state index contributed by atoms with van der Waals surface area (Å²) in [5.74, 6) is 28.7. The molecule has 21 unspecified atom stereocenters. The van der Waals surface area contributed by atoms with Gasteiger partial charge in [-0.05, 0) is 397 Å². The molecule has 18 fully saturated rings. The van der Waals surface area contributed by atoms with Gasteiger partial charge in [-0.25, -0.2) is 4.98 Å². The van der Waals surface area contributed by atoms with E-state index in [1.165, 1.54) is 141 Å². The number of nitro groups is 2. The molecule has 17 aliphatic carbocycles. The van der Waals surface area contributed by atoms with E-state index in [0.29, 0.717) is 84.8 Å². The minimum Gasteiger partial charge on any atom is -0.399 e. The molecule has 0 amide bonds. The molecule has 3 aliphatic heterocycles. The fraction of sp³-hybridized carbons (Fsp3) is 0.604. The summed E-state index contributed by atoms with van der Waals surface area (Å²) >= 11 is 0. The van der Waals surface area contributed by atoms with E-state index in [2.05, 4.69) is 46.2 Å². The summed E-state index contributed by atoms with van der Waals surface area (Å²) in [4.78, 5) is 75.1. The molecular weight excluding hydrogens is 1560 g/mol. The molecule has 15 nitrogen and oxygen atoms in total. The minimum absolute atomic E-state index is 0.00636. The van der Waals surface area contributed by atoms with Gasteiger partial charge in [0.15, 0.2) is 5.78 Å². The van der Waals surface area contributed by atoms with E-state index < -0.39 is 10.8 Å². The molecule has 2 aromatic heterocycles. The number of hydrogen-bond donors (Lipinski definition) is 2. The number of nitrogen functional groups attached to an aromatic ring is 2. The van der Waals surface area contributed by atoms with Crippen molar-refractivity contribution in [2.75, 3.05) is 37.6 Å². The number of aromatic nitrogens is 2. The molecule has 11 aromatic rings. The summed E-state index contributed by atoms with van der Waals surface area (Å²) < 4.78 is 1.56. The van der Waals surface area contributed by atoms with Crippen molar-refractivity contribution in [2.24, 2.45) is 194 Å². The van der Waals surface area contributed by atoms with Gasteiger partial charge < -0.3 is 11.5 Å². The summed E-state index contributed by atoms with van der Waals surface area (Å²) in [5, 5.41) is 38.5. The highest BCUT2D eigenvalue weighted by Gasteiger charge is 2.70. The largest absolute Gasteiger partial charge is 0.399 e. The summed E-state index contributed by atoms with van der Waals surface area (Å²) in [6, 6.07) is 27.3. The molecule has 2 saturated heterocycles. The zero-order valence-electron chi connectivity index (χ0n) is 72.9. The number of nitrogens with zero attached hydrogens (tertiary/aromatic N) is 7. The molecule has 4 N–H and O–H groups in total. The average Bonchev–Trinajstić information content (AvgIpc) is 0.674. The smallest absolute Gasteiger partial charge is 0.276 e. The number of nitrogens with two attached hydrogens (primary N) is 2. The van der Waals surface area contributed by atoms with Crippen LogP contribution >= 0.6 is 0 Å².